The van der Waals surface area contributed by atoms with Crippen molar-refractivity contribution in [2.45, 2.75) is 64.0 Å². The second kappa shape index (κ2) is 8.12. The molecule has 5 rings (SSSR count). The highest BCUT2D eigenvalue weighted by Gasteiger charge is 2.53. The van der Waals surface area contributed by atoms with Crippen molar-refractivity contribution < 1.29 is 9.53 Å². The molecule has 1 N–H and O–H groups in total. The molecule has 1 amide bonds. The Balaban J connectivity index is 1.36. The summed E-state index contributed by atoms with van der Waals surface area (Å²) in [6, 6.07) is 0.998. The number of hydrogen-bond acceptors (Lipinski definition) is 7. The van der Waals surface area contributed by atoms with Gasteiger partial charge in [0, 0.05) is 38.3 Å². The van der Waals surface area contributed by atoms with Crippen LogP contribution < -0.4 is 10.2 Å². The fourth-order valence-electron chi connectivity index (χ4n) is 5.74. The highest BCUT2D eigenvalue weighted by molar-refractivity contribution is 7.15. The number of carbonyl (C=O) groups excluding carboxylic acids is 1. The zero-order valence-corrected chi connectivity index (χ0v) is 18.3. The minimum Gasteiger partial charge on any atom is -0.379 e. The summed E-state index contributed by atoms with van der Waals surface area (Å²) in [6.07, 6.45) is 7.82. The van der Waals surface area contributed by atoms with Crippen molar-refractivity contribution in [1.29, 1.82) is 0 Å². The van der Waals surface area contributed by atoms with Gasteiger partial charge in [0.05, 0.1) is 18.6 Å². The Bertz CT molecular complexity index is 732. The van der Waals surface area contributed by atoms with Crippen LogP contribution in [0.2, 0.25) is 0 Å². The lowest BCUT2D eigenvalue weighted by Gasteiger charge is -2.53. The fraction of sp³-hybridized carbons (Fsp3) is 0.857. The van der Waals surface area contributed by atoms with E-state index in [1.807, 2.05) is 6.92 Å². The summed E-state index contributed by atoms with van der Waals surface area (Å²) in [5.41, 5.74) is -0.282. The lowest BCUT2D eigenvalue weighted by Crippen LogP contribution is -2.62. The van der Waals surface area contributed by atoms with E-state index in [2.05, 4.69) is 25.3 Å². The molecule has 8 heteroatoms. The molecule has 2 saturated heterocycles. The number of piperidine rings is 1. The van der Waals surface area contributed by atoms with E-state index < -0.39 is 0 Å². The minimum atomic E-state index is -0.282. The second-order valence-electron chi connectivity index (χ2n) is 9.34. The Hall–Kier alpha value is -1.25. The Labute approximate surface area is 177 Å². The average molecular weight is 420 g/mol. The molecule has 2 aliphatic carbocycles. The maximum atomic E-state index is 13.6. The van der Waals surface area contributed by atoms with Crippen molar-refractivity contribution >= 4 is 22.4 Å². The molecule has 0 aromatic carbocycles. The number of nitrogens with zero attached hydrogens (tertiary/aromatic N) is 4. The lowest BCUT2D eigenvalue weighted by molar-refractivity contribution is -0.140. The molecule has 1 aromatic rings. The third kappa shape index (κ3) is 3.79. The number of rotatable bonds is 4. The summed E-state index contributed by atoms with van der Waals surface area (Å²) >= 11 is 1.65. The summed E-state index contributed by atoms with van der Waals surface area (Å²) in [5.74, 6) is 0.757. The van der Waals surface area contributed by atoms with E-state index in [0.717, 1.165) is 88.1 Å². The SMILES string of the molecule is Cc1nnc(N2CC[C@@H]3C[C@@H](N4CCOCC4)CC[C@@]3(C(=O)NC3CCC3)C2)s1. The van der Waals surface area contributed by atoms with Crippen molar-refractivity contribution in [3.63, 3.8) is 0 Å². The highest BCUT2D eigenvalue weighted by Crippen LogP contribution is 2.49. The smallest absolute Gasteiger partial charge is 0.228 e. The van der Waals surface area contributed by atoms with E-state index in [1.54, 1.807) is 11.3 Å². The Morgan fingerprint density at radius 2 is 2.00 bits per heavy atom. The van der Waals surface area contributed by atoms with Gasteiger partial charge in [-0.25, -0.2) is 0 Å². The number of morpholine rings is 1. The fourth-order valence-corrected chi connectivity index (χ4v) is 6.45. The lowest BCUT2D eigenvalue weighted by atomic mass is 9.60. The van der Waals surface area contributed by atoms with Crippen LogP contribution in [0.25, 0.3) is 0 Å². The first-order valence-corrected chi connectivity index (χ1v) is 12.1. The molecule has 4 fully saturated rings. The summed E-state index contributed by atoms with van der Waals surface area (Å²) in [6.45, 7) is 7.54. The standard InChI is InChI=1S/C21H33N5O2S/c1-15-23-24-20(29-15)26-8-6-16-13-18(25-9-11-28-12-10-25)5-7-21(16,14-26)19(27)22-17-3-2-4-17/h16-18H,2-14H2,1H3,(H,22,27)/t16-,18+,21-/m1/s1. The van der Waals surface area contributed by atoms with E-state index >= 15 is 0 Å². The van der Waals surface area contributed by atoms with E-state index in [9.17, 15) is 4.79 Å². The molecule has 0 bridgehead atoms. The normalized spacial score (nSPS) is 33.8. The van der Waals surface area contributed by atoms with Crippen LogP contribution in [0.4, 0.5) is 5.13 Å². The number of hydrogen-bond donors (Lipinski definition) is 1. The predicted octanol–water partition coefficient (Wildman–Crippen LogP) is 2.21. The van der Waals surface area contributed by atoms with E-state index in [-0.39, 0.29) is 5.41 Å². The van der Waals surface area contributed by atoms with Crippen molar-refractivity contribution in [2.24, 2.45) is 11.3 Å². The van der Waals surface area contributed by atoms with Crippen LogP contribution in [0.15, 0.2) is 0 Å². The third-order valence-electron chi connectivity index (χ3n) is 7.72. The number of aryl methyl sites for hydroxylation is 1. The van der Waals surface area contributed by atoms with Crippen molar-refractivity contribution in [3.05, 3.63) is 5.01 Å². The van der Waals surface area contributed by atoms with Crippen LogP contribution in [-0.4, -0.2) is 72.5 Å². The molecule has 2 aliphatic heterocycles. The average Bonchev–Trinajstić information content (AvgIpc) is 3.16. The number of ether oxygens (including phenoxy) is 1. The molecule has 3 atom stereocenters. The molecule has 3 heterocycles. The van der Waals surface area contributed by atoms with Crippen molar-refractivity contribution in [3.8, 4) is 0 Å². The Morgan fingerprint density at radius 3 is 2.69 bits per heavy atom. The molecule has 7 nitrogen and oxygen atoms in total. The van der Waals surface area contributed by atoms with Crippen LogP contribution in [-0.2, 0) is 9.53 Å². The molecular formula is C21H33N5O2S. The molecule has 29 heavy (non-hydrogen) atoms. The van der Waals surface area contributed by atoms with Gasteiger partial charge in [0.2, 0.25) is 11.0 Å². The summed E-state index contributed by atoms with van der Waals surface area (Å²) in [7, 11) is 0. The van der Waals surface area contributed by atoms with Gasteiger partial charge in [-0.05, 0) is 57.8 Å². The van der Waals surface area contributed by atoms with E-state index in [1.165, 1.54) is 6.42 Å². The topological polar surface area (TPSA) is 70.6 Å². The van der Waals surface area contributed by atoms with E-state index in [4.69, 9.17) is 4.74 Å². The van der Waals surface area contributed by atoms with Gasteiger partial charge >= 0.3 is 0 Å². The monoisotopic (exact) mass is 419 g/mol. The van der Waals surface area contributed by atoms with Crippen LogP contribution in [0.3, 0.4) is 0 Å². The van der Waals surface area contributed by atoms with Gasteiger partial charge in [0.25, 0.3) is 0 Å². The van der Waals surface area contributed by atoms with Gasteiger partial charge in [-0.3, -0.25) is 9.69 Å². The van der Waals surface area contributed by atoms with Crippen LogP contribution >= 0.6 is 11.3 Å². The first kappa shape index (κ1) is 19.7. The molecule has 0 spiro atoms. The van der Waals surface area contributed by atoms with Crippen LogP contribution in [0.5, 0.6) is 0 Å². The zero-order chi connectivity index (χ0) is 19.8. The molecule has 160 valence electrons. The largest absolute Gasteiger partial charge is 0.379 e. The number of aromatic nitrogens is 2. The number of anilines is 1. The first-order valence-electron chi connectivity index (χ1n) is 11.3. The molecule has 0 unspecified atom stereocenters. The first-order chi connectivity index (χ1) is 14.1. The Kier molecular flexibility index (Phi) is 5.51. The summed E-state index contributed by atoms with van der Waals surface area (Å²) in [5, 5.41) is 14.0. The van der Waals surface area contributed by atoms with Gasteiger partial charge in [-0.2, -0.15) is 0 Å². The summed E-state index contributed by atoms with van der Waals surface area (Å²) in [4.78, 5) is 18.6. The zero-order valence-electron chi connectivity index (χ0n) is 17.4. The van der Waals surface area contributed by atoms with Gasteiger partial charge in [0.1, 0.15) is 5.01 Å². The summed E-state index contributed by atoms with van der Waals surface area (Å²) < 4.78 is 5.56. The molecule has 1 aromatic heterocycles. The maximum Gasteiger partial charge on any atom is 0.228 e. The molecule has 0 radical (unpaired) electrons. The van der Waals surface area contributed by atoms with Crippen molar-refractivity contribution in [2.75, 3.05) is 44.3 Å². The van der Waals surface area contributed by atoms with E-state index in [0.29, 0.717) is 23.9 Å². The third-order valence-corrected chi connectivity index (χ3v) is 8.62. The van der Waals surface area contributed by atoms with Gasteiger partial charge < -0.3 is 15.0 Å². The van der Waals surface area contributed by atoms with Gasteiger partial charge in [-0.15, -0.1) is 10.2 Å². The minimum absolute atomic E-state index is 0.282. The number of carbonyl (C=O) groups is 1. The number of fused-ring (bicyclic) bond motifs is 1. The van der Waals surface area contributed by atoms with Crippen LogP contribution in [0, 0.1) is 18.3 Å². The number of nitrogens with one attached hydrogen (secondary N) is 1. The highest BCUT2D eigenvalue weighted by atomic mass is 32.1. The molecule has 4 aliphatic rings. The Morgan fingerprint density at radius 1 is 1.17 bits per heavy atom. The second-order valence-corrected chi connectivity index (χ2v) is 10.5. The maximum absolute atomic E-state index is 13.6. The quantitative estimate of drug-likeness (QED) is 0.807. The van der Waals surface area contributed by atoms with Crippen molar-refractivity contribution in [1.82, 2.24) is 20.4 Å². The molecular weight excluding hydrogens is 386 g/mol. The van der Waals surface area contributed by atoms with Gasteiger partial charge in [0.15, 0.2) is 0 Å². The molecule has 2 saturated carbocycles. The number of amides is 1. The predicted molar refractivity (Wildman–Crippen MR) is 113 cm³/mol. The van der Waals surface area contributed by atoms with Gasteiger partial charge in [-0.1, -0.05) is 11.3 Å². The van der Waals surface area contributed by atoms with Crippen LogP contribution in [0.1, 0.15) is 50.0 Å².